The third-order valence-corrected chi connectivity index (χ3v) is 2.11. The van der Waals surface area contributed by atoms with Crippen LogP contribution in [0, 0.1) is 15.5 Å². The summed E-state index contributed by atoms with van der Waals surface area (Å²) < 4.78 is 42.2. The minimum Gasteiger partial charge on any atom is -0.486 e. The first kappa shape index (κ1) is 14.7. The van der Waals surface area contributed by atoms with Crippen LogP contribution in [0.3, 0.4) is 0 Å². The molecule has 0 saturated carbocycles. The molecular weight excluding hydrogens is 267 g/mol. The van der Waals surface area contributed by atoms with Gasteiger partial charge in [-0.05, 0) is 12.1 Å². The molecule has 0 radical (unpaired) electrons. The van der Waals surface area contributed by atoms with E-state index in [1.807, 2.05) is 0 Å². The topological polar surface area (TPSA) is 102 Å². The summed E-state index contributed by atoms with van der Waals surface area (Å²) in [5.74, 6) is -0.478. The first-order chi connectivity index (χ1) is 8.71. The number of amidine groups is 1. The molecule has 1 rings (SSSR count). The maximum atomic E-state index is 12.4. The Morgan fingerprint density at radius 1 is 1.47 bits per heavy atom. The van der Waals surface area contributed by atoms with Crippen LogP contribution in [-0.2, 0) is 6.18 Å². The van der Waals surface area contributed by atoms with Crippen LogP contribution in [-0.4, -0.2) is 17.4 Å². The van der Waals surface area contributed by atoms with Gasteiger partial charge in [0.15, 0.2) is 5.75 Å². The standard InChI is InChI=1S/C10H10F3N3O3/c11-10(12,13)6-1-2-8(7(5-6)16(17)18)19-4-3-9(14)15/h1-2,5H,3-4H2,(H3,14,15). The summed E-state index contributed by atoms with van der Waals surface area (Å²) >= 11 is 0. The van der Waals surface area contributed by atoms with E-state index in [0.717, 1.165) is 6.07 Å². The molecule has 0 spiro atoms. The smallest absolute Gasteiger partial charge is 0.416 e. The minimum absolute atomic E-state index is 0.0260. The van der Waals surface area contributed by atoms with E-state index in [-0.39, 0.29) is 24.6 Å². The number of nitrogens with two attached hydrogens (primary N) is 1. The van der Waals surface area contributed by atoms with E-state index in [2.05, 4.69) is 0 Å². The molecule has 0 unspecified atom stereocenters. The van der Waals surface area contributed by atoms with Crippen molar-refractivity contribution in [1.29, 1.82) is 5.41 Å². The quantitative estimate of drug-likeness (QED) is 0.373. The molecule has 0 aromatic heterocycles. The van der Waals surface area contributed by atoms with Gasteiger partial charge in [0.25, 0.3) is 0 Å². The van der Waals surface area contributed by atoms with Crippen molar-refractivity contribution in [3.8, 4) is 5.75 Å². The number of nitro benzene ring substituents is 1. The van der Waals surface area contributed by atoms with Gasteiger partial charge in [-0.15, -0.1) is 0 Å². The fraction of sp³-hybridized carbons (Fsp3) is 0.300. The summed E-state index contributed by atoms with van der Waals surface area (Å²) in [5.41, 5.74) is 3.15. The minimum atomic E-state index is -4.66. The highest BCUT2D eigenvalue weighted by Gasteiger charge is 2.33. The molecule has 0 heterocycles. The first-order valence-corrected chi connectivity index (χ1v) is 5.03. The van der Waals surface area contributed by atoms with Crippen LogP contribution in [0.25, 0.3) is 0 Å². The number of alkyl halides is 3. The largest absolute Gasteiger partial charge is 0.486 e. The van der Waals surface area contributed by atoms with E-state index in [4.69, 9.17) is 15.9 Å². The van der Waals surface area contributed by atoms with Gasteiger partial charge in [0.1, 0.15) is 0 Å². The molecule has 3 N–H and O–H groups in total. The van der Waals surface area contributed by atoms with Gasteiger partial charge < -0.3 is 10.5 Å². The molecular formula is C10H10F3N3O3. The Hall–Kier alpha value is -2.32. The average Bonchev–Trinajstić information content (AvgIpc) is 2.27. The molecule has 0 fully saturated rings. The van der Waals surface area contributed by atoms with Gasteiger partial charge in [-0.1, -0.05) is 0 Å². The van der Waals surface area contributed by atoms with Crippen LogP contribution in [0.5, 0.6) is 5.75 Å². The van der Waals surface area contributed by atoms with Gasteiger partial charge in [-0.3, -0.25) is 15.5 Å². The summed E-state index contributed by atoms with van der Waals surface area (Å²) in [6.07, 6.45) is -4.64. The van der Waals surface area contributed by atoms with Crippen LogP contribution in [0.2, 0.25) is 0 Å². The Balaban J connectivity index is 2.99. The molecule has 1 aromatic carbocycles. The maximum absolute atomic E-state index is 12.4. The van der Waals surface area contributed by atoms with Crippen molar-refractivity contribution in [1.82, 2.24) is 0 Å². The van der Waals surface area contributed by atoms with Gasteiger partial charge in [-0.2, -0.15) is 13.2 Å². The van der Waals surface area contributed by atoms with Gasteiger partial charge in [-0.25, -0.2) is 0 Å². The van der Waals surface area contributed by atoms with Gasteiger partial charge in [0.05, 0.1) is 22.9 Å². The first-order valence-electron chi connectivity index (χ1n) is 5.03. The zero-order valence-corrected chi connectivity index (χ0v) is 9.53. The number of ether oxygens (including phenoxy) is 1. The molecule has 1 aromatic rings. The van der Waals surface area contributed by atoms with Crippen molar-refractivity contribution in [2.75, 3.05) is 6.61 Å². The summed E-state index contributed by atoms with van der Waals surface area (Å²) in [4.78, 5) is 9.73. The van der Waals surface area contributed by atoms with Crippen molar-refractivity contribution in [3.05, 3.63) is 33.9 Å². The molecule has 0 aliphatic rings. The highest BCUT2D eigenvalue weighted by molar-refractivity contribution is 5.76. The number of nitro groups is 1. The van der Waals surface area contributed by atoms with E-state index in [1.165, 1.54) is 0 Å². The molecule has 0 saturated heterocycles. The van der Waals surface area contributed by atoms with Crippen LogP contribution in [0.4, 0.5) is 18.9 Å². The van der Waals surface area contributed by atoms with Gasteiger partial charge in [0.2, 0.25) is 0 Å². The second-order valence-electron chi connectivity index (χ2n) is 3.56. The Bertz CT molecular complexity index is 503. The fourth-order valence-electron chi connectivity index (χ4n) is 1.23. The third-order valence-electron chi connectivity index (χ3n) is 2.11. The zero-order chi connectivity index (χ0) is 14.6. The van der Waals surface area contributed by atoms with E-state index < -0.39 is 22.4 Å². The zero-order valence-electron chi connectivity index (χ0n) is 9.53. The number of hydrogen-bond donors (Lipinski definition) is 2. The van der Waals surface area contributed by atoms with Crippen molar-refractivity contribution < 1.29 is 22.8 Å². The molecule has 0 atom stereocenters. The summed E-state index contributed by atoms with van der Waals surface area (Å²) in [5, 5.41) is 17.6. The second-order valence-corrected chi connectivity index (χ2v) is 3.56. The Morgan fingerprint density at radius 3 is 2.58 bits per heavy atom. The maximum Gasteiger partial charge on any atom is 0.416 e. The lowest BCUT2D eigenvalue weighted by Gasteiger charge is -2.09. The molecule has 0 aliphatic heterocycles. The number of nitrogens with zero attached hydrogens (tertiary/aromatic N) is 1. The van der Waals surface area contributed by atoms with Crippen molar-refractivity contribution in [3.63, 3.8) is 0 Å². The SMILES string of the molecule is N=C(N)CCOc1ccc(C(F)(F)F)cc1[N+](=O)[O-]. The number of rotatable bonds is 5. The monoisotopic (exact) mass is 277 g/mol. The van der Waals surface area contributed by atoms with Crippen molar-refractivity contribution in [2.45, 2.75) is 12.6 Å². The lowest BCUT2D eigenvalue weighted by molar-refractivity contribution is -0.386. The lowest BCUT2D eigenvalue weighted by atomic mass is 10.2. The third kappa shape index (κ3) is 4.12. The summed E-state index contributed by atoms with van der Waals surface area (Å²) in [6.45, 7) is -0.123. The number of nitrogens with one attached hydrogen (secondary N) is 1. The van der Waals surface area contributed by atoms with Crippen molar-refractivity contribution in [2.24, 2.45) is 5.73 Å². The van der Waals surface area contributed by atoms with Gasteiger partial charge in [0, 0.05) is 12.5 Å². The van der Waals surface area contributed by atoms with Crippen LogP contribution >= 0.6 is 0 Å². The number of benzene rings is 1. The van der Waals surface area contributed by atoms with E-state index >= 15 is 0 Å². The van der Waals surface area contributed by atoms with Crippen LogP contribution in [0.15, 0.2) is 18.2 Å². The Labute approximate surface area is 105 Å². The average molecular weight is 277 g/mol. The predicted molar refractivity (Wildman–Crippen MR) is 60.1 cm³/mol. The van der Waals surface area contributed by atoms with Crippen LogP contribution < -0.4 is 10.5 Å². The predicted octanol–water partition coefficient (Wildman–Crippen LogP) is 2.32. The number of hydrogen-bond acceptors (Lipinski definition) is 4. The molecule has 0 amide bonds. The molecule has 0 bridgehead atoms. The van der Waals surface area contributed by atoms with Gasteiger partial charge >= 0.3 is 11.9 Å². The summed E-state index contributed by atoms with van der Waals surface area (Å²) in [7, 11) is 0. The highest BCUT2D eigenvalue weighted by atomic mass is 19.4. The van der Waals surface area contributed by atoms with E-state index in [1.54, 1.807) is 0 Å². The molecule has 0 aliphatic carbocycles. The van der Waals surface area contributed by atoms with Crippen molar-refractivity contribution >= 4 is 11.5 Å². The molecule has 6 nitrogen and oxygen atoms in total. The lowest BCUT2D eigenvalue weighted by Crippen LogP contribution is -2.14. The molecule has 104 valence electrons. The second kappa shape index (κ2) is 5.55. The fourth-order valence-corrected chi connectivity index (χ4v) is 1.23. The Kier molecular flexibility index (Phi) is 4.30. The van der Waals surface area contributed by atoms with E-state index in [9.17, 15) is 23.3 Å². The summed E-state index contributed by atoms with van der Waals surface area (Å²) in [6, 6.07) is 1.97. The van der Waals surface area contributed by atoms with Crippen LogP contribution in [0.1, 0.15) is 12.0 Å². The molecule has 9 heteroatoms. The highest BCUT2D eigenvalue weighted by Crippen LogP contribution is 2.35. The van der Waals surface area contributed by atoms with E-state index in [0.29, 0.717) is 12.1 Å². The molecule has 19 heavy (non-hydrogen) atoms. The Morgan fingerprint density at radius 2 is 2.11 bits per heavy atom. The normalized spacial score (nSPS) is 11.1. The number of halogens is 3.